The van der Waals surface area contributed by atoms with Crippen LogP contribution in [0.3, 0.4) is 0 Å². The first kappa shape index (κ1) is 13.4. The molecule has 0 aromatic heterocycles. The summed E-state index contributed by atoms with van der Waals surface area (Å²) in [5, 5.41) is 22.3. The molecule has 8 heteroatoms. The highest BCUT2D eigenvalue weighted by Crippen LogP contribution is 2.20. The number of carbonyl (C=O) groups is 1. The molecule has 5 N–H and O–H groups in total. The number of carbonyl (C=O) groups excluding carboxylic acids is 1. The molecule has 8 nitrogen and oxygen atoms in total. The number of benzene rings is 1. The second-order valence-corrected chi connectivity index (χ2v) is 4.03. The Bertz CT molecular complexity index is 616. The fourth-order valence-corrected chi connectivity index (χ4v) is 1.73. The SMILES string of the molecule is N#C/C(=N\Nc1cccc(N2CCNC2=O)c1)C(=N)N. The molecule has 0 unspecified atom stereocenters. The highest BCUT2D eigenvalue weighted by atomic mass is 16.2. The lowest BCUT2D eigenvalue weighted by molar-refractivity contribution is 0.252. The molecular weight excluding hydrogens is 258 g/mol. The topological polar surface area (TPSA) is 130 Å². The third-order valence-electron chi connectivity index (χ3n) is 2.67. The summed E-state index contributed by atoms with van der Waals surface area (Å²) in [7, 11) is 0. The number of anilines is 2. The number of hydrazone groups is 1. The van der Waals surface area contributed by atoms with Crippen LogP contribution in [0, 0.1) is 16.7 Å². The molecule has 20 heavy (non-hydrogen) atoms. The first-order chi connectivity index (χ1) is 9.61. The summed E-state index contributed by atoms with van der Waals surface area (Å²) in [5.41, 5.74) is 8.95. The number of nitriles is 1. The van der Waals surface area contributed by atoms with Crippen molar-refractivity contribution in [2.45, 2.75) is 0 Å². The number of amides is 2. The van der Waals surface area contributed by atoms with E-state index in [9.17, 15) is 4.79 Å². The number of nitrogens with one attached hydrogen (secondary N) is 3. The van der Waals surface area contributed by atoms with Crippen molar-refractivity contribution in [2.24, 2.45) is 10.8 Å². The predicted molar refractivity (Wildman–Crippen MR) is 75.8 cm³/mol. The number of rotatable bonds is 4. The van der Waals surface area contributed by atoms with Gasteiger partial charge in [0.1, 0.15) is 6.07 Å². The molecular formula is C12H13N7O. The minimum Gasteiger partial charge on any atom is -0.382 e. The molecule has 1 fully saturated rings. The Hall–Kier alpha value is -3.08. The Morgan fingerprint density at radius 2 is 2.40 bits per heavy atom. The van der Waals surface area contributed by atoms with Crippen LogP contribution in [0.5, 0.6) is 0 Å². The summed E-state index contributed by atoms with van der Waals surface area (Å²) in [6.07, 6.45) is 0. The van der Waals surface area contributed by atoms with Crippen molar-refractivity contribution < 1.29 is 4.79 Å². The van der Waals surface area contributed by atoms with Crippen molar-refractivity contribution in [2.75, 3.05) is 23.4 Å². The monoisotopic (exact) mass is 271 g/mol. The third-order valence-corrected chi connectivity index (χ3v) is 2.67. The normalized spacial score (nSPS) is 14.7. The molecule has 0 radical (unpaired) electrons. The highest BCUT2D eigenvalue weighted by molar-refractivity contribution is 6.45. The van der Waals surface area contributed by atoms with Gasteiger partial charge in [-0.1, -0.05) is 6.07 Å². The molecule has 1 saturated heterocycles. The largest absolute Gasteiger partial charge is 0.382 e. The number of nitrogens with two attached hydrogens (primary N) is 1. The van der Waals surface area contributed by atoms with Gasteiger partial charge in [-0.3, -0.25) is 15.7 Å². The van der Waals surface area contributed by atoms with Crippen molar-refractivity contribution in [1.29, 1.82) is 10.7 Å². The Morgan fingerprint density at radius 1 is 1.60 bits per heavy atom. The maximum atomic E-state index is 11.6. The van der Waals surface area contributed by atoms with Crippen molar-refractivity contribution in [3.63, 3.8) is 0 Å². The van der Waals surface area contributed by atoms with E-state index in [4.69, 9.17) is 16.4 Å². The van der Waals surface area contributed by atoms with Crippen LogP contribution in [0.25, 0.3) is 0 Å². The van der Waals surface area contributed by atoms with E-state index in [-0.39, 0.29) is 11.7 Å². The number of nitrogens with zero attached hydrogens (tertiary/aromatic N) is 3. The van der Waals surface area contributed by atoms with Gasteiger partial charge in [-0.2, -0.15) is 10.4 Å². The van der Waals surface area contributed by atoms with Gasteiger partial charge in [0.15, 0.2) is 5.84 Å². The lowest BCUT2D eigenvalue weighted by Crippen LogP contribution is -2.27. The zero-order valence-electron chi connectivity index (χ0n) is 10.6. The number of urea groups is 1. The average molecular weight is 271 g/mol. The van der Waals surface area contributed by atoms with Gasteiger partial charge in [0.05, 0.1) is 5.69 Å². The van der Waals surface area contributed by atoms with Crippen molar-refractivity contribution >= 4 is 29.0 Å². The van der Waals surface area contributed by atoms with Gasteiger partial charge in [0.25, 0.3) is 0 Å². The van der Waals surface area contributed by atoms with Crippen LogP contribution in [0.1, 0.15) is 0 Å². The predicted octanol–water partition coefficient (Wildman–Crippen LogP) is 0.444. The van der Waals surface area contributed by atoms with Gasteiger partial charge in [0.2, 0.25) is 5.71 Å². The second kappa shape index (κ2) is 5.71. The zero-order chi connectivity index (χ0) is 14.5. The van der Waals surface area contributed by atoms with E-state index in [0.717, 1.165) is 5.69 Å². The molecule has 1 aromatic rings. The number of amidine groups is 1. The molecule has 102 valence electrons. The van der Waals surface area contributed by atoms with Gasteiger partial charge in [-0.15, -0.1) is 0 Å². The average Bonchev–Trinajstić information content (AvgIpc) is 2.86. The molecule has 2 rings (SSSR count). The minimum absolute atomic E-state index is 0.146. The molecule has 0 aliphatic carbocycles. The Labute approximate surface area is 115 Å². The summed E-state index contributed by atoms with van der Waals surface area (Å²) < 4.78 is 0. The summed E-state index contributed by atoms with van der Waals surface area (Å²) >= 11 is 0. The van der Waals surface area contributed by atoms with Crippen LogP contribution in [0.15, 0.2) is 29.4 Å². The van der Waals surface area contributed by atoms with Crippen LogP contribution in [-0.2, 0) is 0 Å². The van der Waals surface area contributed by atoms with Crippen molar-refractivity contribution in [3.05, 3.63) is 24.3 Å². The molecule has 1 aliphatic rings. The van der Waals surface area contributed by atoms with Crippen molar-refractivity contribution in [1.82, 2.24) is 5.32 Å². The van der Waals surface area contributed by atoms with Crippen LogP contribution >= 0.6 is 0 Å². The van der Waals surface area contributed by atoms with E-state index in [1.807, 2.05) is 0 Å². The summed E-state index contributed by atoms with van der Waals surface area (Å²) in [4.78, 5) is 13.2. The fourth-order valence-electron chi connectivity index (χ4n) is 1.73. The molecule has 0 spiro atoms. The Balaban J connectivity index is 2.16. The van der Waals surface area contributed by atoms with Crippen LogP contribution in [0.4, 0.5) is 16.2 Å². The van der Waals surface area contributed by atoms with E-state index < -0.39 is 5.84 Å². The first-order valence-electron chi connectivity index (χ1n) is 5.85. The molecule has 0 atom stereocenters. The smallest absolute Gasteiger partial charge is 0.321 e. The van der Waals surface area contributed by atoms with Gasteiger partial charge < -0.3 is 11.1 Å². The van der Waals surface area contributed by atoms with E-state index in [1.165, 1.54) is 0 Å². The molecule has 1 aliphatic heterocycles. The summed E-state index contributed by atoms with van der Waals surface area (Å²) in [5.74, 6) is -0.407. The first-order valence-corrected chi connectivity index (χ1v) is 5.85. The molecule has 1 heterocycles. The van der Waals surface area contributed by atoms with E-state index in [0.29, 0.717) is 18.8 Å². The van der Waals surface area contributed by atoms with Gasteiger partial charge in [-0.05, 0) is 18.2 Å². The summed E-state index contributed by atoms with van der Waals surface area (Å²) in [6.45, 7) is 1.21. The highest BCUT2D eigenvalue weighted by Gasteiger charge is 2.20. The minimum atomic E-state index is -0.407. The van der Waals surface area contributed by atoms with E-state index in [2.05, 4.69) is 15.8 Å². The number of hydrogen-bond acceptors (Lipinski definition) is 5. The second-order valence-electron chi connectivity index (χ2n) is 4.03. The zero-order valence-corrected chi connectivity index (χ0v) is 10.6. The quantitative estimate of drug-likeness (QED) is 0.359. The molecule has 0 saturated carbocycles. The maximum Gasteiger partial charge on any atom is 0.321 e. The van der Waals surface area contributed by atoms with Crippen LogP contribution < -0.4 is 21.4 Å². The molecule has 2 amide bonds. The lowest BCUT2D eigenvalue weighted by atomic mass is 10.2. The van der Waals surface area contributed by atoms with Crippen LogP contribution in [-0.4, -0.2) is 30.7 Å². The van der Waals surface area contributed by atoms with Crippen molar-refractivity contribution in [3.8, 4) is 6.07 Å². The van der Waals surface area contributed by atoms with E-state index >= 15 is 0 Å². The molecule has 0 bridgehead atoms. The van der Waals surface area contributed by atoms with Gasteiger partial charge in [0, 0.05) is 18.8 Å². The fraction of sp³-hybridized carbons (Fsp3) is 0.167. The third kappa shape index (κ3) is 2.84. The standard InChI is InChI=1S/C12H13N7O/c13-7-10(11(14)15)18-17-8-2-1-3-9(6-8)19-5-4-16-12(19)20/h1-3,6,17H,4-5H2,(H3,14,15)(H,16,20)/b18-10+. The van der Waals surface area contributed by atoms with Crippen LogP contribution in [0.2, 0.25) is 0 Å². The molecule has 1 aromatic carbocycles. The number of hydrogen-bond donors (Lipinski definition) is 4. The maximum absolute atomic E-state index is 11.6. The lowest BCUT2D eigenvalue weighted by Gasteiger charge is -2.14. The summed E-state index contributed by atoms with van der Waals surface area (Å²) in [6, 6.07) is 8.59. The van der Waals surface area contributed by atoms with Gasteiger partial charge in [-0.25, -0.2) is 4.79 Å². The Morgan fingerprint density at radius 3 is 3.00 bits per heavy atom. The van der Waals surface area contributed by atoms with Gasteiger partial charge >= 0.3 is 6.03 Å². The van der Waals surface area contributed by atoms with E-state index in [1.54, 1.807) is 35.2 Å². The Kier molecular flexibility index (Phi) is 3.81.